The third-order valence-corrected chi connectivity index (χ3v) is 2.67. The van der Waals surface area contributed by atoms with Crippen molar-refractivity contribution < 1.29 is 0 Å². The molecule has 0 fully saturated rings. The lowest BCUT2D eigenvalue weighted by Crippen LogP contribution is -2.39. The van der Waals surface area contributed by atoms with Crippen LogP contribution in [0.2, 0.25) is 0 Å². The molecule has 0 unspecified atom stereocenters. The first-order valence-corrected chi connectivity index (χ1v) is 5.88. The first-order valence-electron chi connectivity index (χ1n) is 5.47. The average Bonchev–Trinajstić information content (AvgIpc) is 2.31. The van der Waals surface area contributed by atoms with Crippen molar-refractivity contribution in [3.8, 4) is 0 Å². The molecule has 0 heterocycles. The number of guanidine groups is 1. The summed E-state index contributed by atoms with van der Waals surface area (Å²) in [7, 11) is 1.61. The Morgan fingerprint density at radius 1 is 1.47 bits per heavy atom. The van der Waals surface area contributed by atoms with Gasteiger partial charge in [0, 0.05) is 12.7 Å². The maximum Gasteiger partial charge on any atom is 0.194 e. The third kappa shape index (κ3) is 3.71. The highest BCUT2D eigenvalue weighted by Crippen LogP contribution is 2.20. The van der Waals surface area contributed by atoms with E-state index in [4.69, 9.17) is 18.0 Å². The summed E-state index contributed by atoms with van der Waals surface area (Å²) in [5.41, 5.74) is 8.96. The van der Waals surface area contributed by atoms with E-state index in [0.717, 1.165) is 17.7 Å². The molecule has 0 atom stereocenters. The summed E-state index contributed by atoms with van der Waals surface area (Å²) in [4.78, 5) is 3.79. The number of thiocarbonyl (C=S) groups is 1. The van der Waals surface area contributed by atoms with Gasteiger partial charge in [0.05, 0.1) is 0 Å². The molecular formula is C12H18N4S. The molecule has 92 valence electrons. The van der Waals surface area contributed by atoms with Gasteiger partial charge in [-0.2, -0.15) is 0 Å². The van der Waals surface area contributed by atoms with Crippen LogP contribution in [0.25, 0.3) is 0 Å². The van der Waals surface area contributed by atoms with Crippen LogP contribution in [0.15, 0.2) is 23.2 Å². The largest absolute Gasteiger partial charge is 0.370 e. The van der Waals surface area contributed by atoms with Gasteiger partial charge in [-0.15, -0.1) is 0 Å². The molecule has 5 heteroatoms. The Morgan fingerprint density at radius 3 is 2.76 bits per heavy atom. The van der Waals surface area contributed by atoms with Crippen LogP contribution >= 0.6 is 12.2 Å². The zero-order valence-corrected chi connectivity index (χ0v) is 11.2. The lowest BCUT2D eigenvalue weighted by Gasteiger charge is -2.15. The monoisotopic (exact) mass is 250 g/mol. The molecule has 4 N–H and O–H groups in total. The summed E-state index contributed by atoms with van der Waals surface area (Å²) in [6, 6.07) is 6.16. The minimum atomic E-state index is 0.300. The molecule has 0 radical (unpaired) electrons. The molecule has 0 aliphatic rings. The number of para-hydroxylation sites is 1. The molecule has 1 rings (SSSR count). The van der Waals surface area contributed by atoms with Crippen LogP contribution in [-0.4, -0.2) is 18.1 Å². The zero-order valence-electron chi connectivity index (χ0n) is 10.4. The predicted molar refractivity (Wildman–Crippen MR) is 77.5 cm³/mol. The van der Waals surface area contributed by atoms with E-state index in [1.165, 1.54) is 5.56 Å². The summed E-state index contributed by atoms with van der Waals surface area (Å²) in [6.07, 6.45) is 0.948. The van der Waals surface area contributed by atoms with E-state index in [9.17, 15) is 0 Å². The zero-order chi connectivity index (χ0) is 12.8. The standard InChI is InChI=1S/C12H18N4S/c1-4-9-7-5-6-8(2)10(9)15-12(17)16-11(13)14-3/h5-7H,4H2,1-3H3,(H4,13,14,15,16,17). The highest BCUT2D eigenvalue weighted by atomic mass is 32.1. The number of nitrogens with two attached hydrogens (primary N) is 1. The van der Waals surface area contributed by atoms with Crippen molar-refractivity contribution in [1.29, 1.82) is 0 Å². The van der Waals surface area contributed by atoms with Gasteiger partial charge >= 0.3 is 0 Å². The van der Waals surface area contributed by atoms with Gasteiger partial charge in [-0.1, -0.05) is 25.1 Å². The topological polar surface area (TPSA) is 62.4 Å². The number of aryl methyl sites for hydroxylation is 2. The molecule has 0 aliphatic carbocycles. The summed E-state index contributed by atoms with van der Waals surface area (Å²) in [5.74, 6) is 0.300. The first-order chi connectivity index (χ1) is 8.08. The van der Waals surface area contributed by atoms with Crippen LogP contribution in [0, 0.1) is 6.92 Å². The van der Waals surface area contributed by atoms with E-state index >= 15 is 0 Å². The molecule has 0 saturated carbocycles. The molecular weight excluding hydrogens is 232 g/mol. The molecule has 0 saturated heterocycles. The SMILES string of the molecule is CCc1cccc(C)c1NC(=S)NC(N)=NC. The second-order valence-corrected chi connectivity index (χ2v) is 4.06. The van der Waals surface area contributed by atoms with Crippen LogP contribution in [0.1, 0.15) is 18.1 Å². The number of hydrogen-bond donors (Lipinski definition) is 3. The highest BCUT2D eigenvalue weighted by Gasteiger charge is 2.06. The Hall–Kier alpha value is -1.62. The second-order valence-electron chi connectivity index (χ2n) is 3.65. The van der Waals surface area contributed by atoms with Crippen molar-refractivity contribution in [3.05, 3.63) is 29.3 Å². The Kier molecular flexibility index (Phi) is 4.90. The first kappa shape index (κ1) is 13.4. The number of hydrogen-bond acceptors (Lipinski definition) is 2. The molecule has 1 aromatic carbocycles. The normalized spacial score (nSPS) is 11.1. The predicted octanol–water partition coefficient (Wildman–Crippen LogP) is 1.79. The van der Waals surface area contributed by atoms with Gasteiger partial charge in [-0.3, -0.25) is 4.99 Å². The van der Waals surface area contributed by atoms with Gasteiger partial charge in [0.1, 0.15) is 0 Å². The van der Waals surface area contributed by atoms with Gasteiger partial charge in [0.25, 0.3) is 0 Å². The number of nitrogens with one attached hydrogen (secondary N) is 2. The third-order valence-electron chi connectivity index (χ3n) is 2.46. The van der Waals surface area contributed by atoms with Crippen LogP contribution in [0.3, 0.4) is 0 Å². The van der Waals surface area contributed by atoms with E-state index in [1.807, 2.05) is 19.1 Å². The molecule has 4 nitrogen and oxygen atoms in total. The molecule has 0 aromatic heterocycles. The van der Waals surface area contributed by atoms with E-state index in [-0.39, 0.29) is 0 Å². The van der Waals surface area contributed by atoms with Gasteiger partial charge < -0.3 is 16.4 Å². The van der Waals surface area contributed by atoms with Crippen molar-refractivity contribution in [2.75, 3.05) is 12.4 Å². The number of anilines is 1. The molecule has 0 spiro atoms. The number of nitrogens with zero attached hydrogens (tertiary/aromatic N) is 1. The summed E-state index contributed by atoms with van der Waals surface area (Å²) in [5, 5.41) is 6.41. The fourth-order valence-electron chi connectivity index (χ4n) is 1.52. The number of benzene rings is 1. The van der Waals surface area contributed by atoms with E-state index < -0.39 is 0 Å². The maximum absolute atomic E-state index is 5.55. The van der Waals surface area contributed by atoms with Gasteiger partial charge in [0.15, 0.2) is 11.1 Å². The fraction of sp³-hybridized carbons (Fsp3) is 0.333. The summed E-state index contributed by atoms with van der Waals surface area (Å²) < 4.78 is 0. The average molecular weight is 250 g/mol. The van der Waals surface area contributed by atoms with E-state index in [2.05, 4.69) is 28.6 Å². The number of aliphatic imine (C=N–C) groups is 1. The van der Waals surface area contributed by atoms with Crippen LogP contribution in [0.4, 0.5) is 5.69 Å². The van der Waals surface area contributed by atoms with Crippen molar-refractivity contribution in [2.24, 2.45) is 10.7 Å². The smallest absolute Gasteiger partial charge is 0.194 e. The van der Waals surface area contributed by atoms with Crippen molar-refractivity contribution in [2.45, 2.75) is 20.3 Å². The van der Waals surface area contributed by atoms with Crippen LogP contribution in [-0.2, 0) is 6.42 Å². The Labute approximate surface area is 107 Å². The van der Waals surface area contributed by atoms with Gasteiger partial charge in [0.2, 0.25) is 0 Å². The maximum atomic E-state index is 5.55. The molecule has 0 bridgehead atoms. The van der Waals surface area contributed by atoms with Crippen LogP contribution in [0.5, 0.6) is 0 Å². The lowest BCUT2D eigenvalue weighted by molar-refractivity contribution is 1.13. The fourth-order valence-corrected chi connectivity index (χ4v) is 1.73. The molecule has 0 aliphatic heterocycles. The van der Waals surface area contributed by atoms with Crippen LogP contribution < -0.4 is 16.4 Å². The lowest BCUT2D eigenvalue weighted by atomic mass is 10.1. The van der Waals surface area contributed by atoms with Crippen molar-refractivity contribution >= 4 is 29.0 Å². The quantitative estimate of drug-likeness (QED) is 0.425. The Bertz CT molecular complexity index is 440. The van der Waals surface area contributed by atoms with E-state index in [1.54, 1.807) is 7.05 Å². The summed E-state index contributed by atoms with van der Waals surface area (Å²) in [6.45, 7) is 4.15. The van der Waals surface area contributed by atoms with E-state index in [0.29, 0.717) is 11.1 Å². The number of rotatable bonds is 2. The molecule has 1 aromatic rings. The van der Waals surface area contributed by atoms with Gasteiger partial charge in [-0.25, -0.2) is 0 Å². The molecule has 0 amide bonds. The second kappa shape index (κ2) is 6.20. The van der Waals surface area contributed by atoms with Crippen molar-refractivity contribution in [3.63, 3.8) is 0 Å². The summed E-state index contributed by atoms with van der Waals surface area (Å²) >= 11 is 5.16. The highest BCUT2D eigenvalue weighted by molar-refractivity contribution is 7.80. The minimum absolute atomic E-state index is 0.300. The Balaban J connectivity index is 2.84. The van der Waals surface area contributed by atoms with Gasteiger partial charge in [-0.05, 0) is 36.7 Å². The molecule has 17 heavy (non-hydrogen) atoms. The van der Waals surface area contributed by atoms with Crippen molar-refractivity contribution in [1.82, 2.24) is 5.32 Å². The minimum Gasteiger partial charge on any atom is -0.370 e. The Morgan fingerprint density at radius 2 is 2.18 bits per heavy atom.